The van der Waals surface area contributed by atoms with Crippen molar-refractivity contribution in [2.75, 3.05) is 23.7 Å². The summed E-state index contributed by atoms with van der Waals surface area (Å²) in [5, 5.41) is 6.58. The molecule has 0 spiro atoms. The molecule has 26 heavy (non-hydrogen) atoms. The first-order chi connectivity index (χ1) is 12.4. The van der Waals surface area contributed by atoms with Gasteiger partial charge in [0.25, 0.3) is 5.91 Å². The molecule has 138 valence electrons. The van der Waals surface area contributed by atoms with Crippen molar-refractivity contribution in [3.05, 3.63) is 44.8 Å². The number of aryl methyl sites for hydroxylation is 1. The summed E-state index contributed by atoms with van der Waals surface area (Å²) in [6.45, 7) is 6.59. The first-order valence-electron chi connectivity index (χ1n) is 8.40. The standard InChI is InChI=1S/C18H21ClN4O2S/c1-3-23-7-6-12-14(9-23)26-17(15(12)16(20)24)22-18(25)21-11-5-4-10(2)13(19)8-11/h4-5,8H,3,6-7,9H2,1-2H3,(H2,20,24)(H2,21,22,25). The molecule has 4 N–H and O–H groups in total. The topological polar surface area (TPSA) is 87.5 Å². The fourth-order valence-electron chi connectivity index (χ4n) is 3.01. The number of benzene rings is 1. The number of nitrogens with zero attached hydrogens (tertiary/aromatic N) is 1. The molecule has 0 unspecified atom stereocenters. The fraction of sp³-hybridized carbons (Fsp3) is 0.333. The molecule has 1 aromatic carbocycles. The second-order valence-corrected chi connectivity index (χ2v) is 7.75. The number of thiophene rings is 1. The number of halogens is 1. The first kappa shape index (κ1) is 18.7. The van der Waals surface area contributed by atoms with Crippen molar-refractivity contribution < 1.29 is 9.59 Å². The Morgan fingerprint density at radius 3 is 2.77 bits per heavy atom. The first-order valence-corrected chi connectivity index (χ1v) is 9.59. The van der Waals surface area contributed by atoms with Gasteiger partial charge in [-0.15, -0.1) is 11.3 Å². The van der Waals surface area contributed by atoms with Gasteiger partial charge in [-0.05, 0) is 43.1 Å². The van der Waals surface area contributed by atoms with E-state index in [0.29, 0.717) is 21.3 Å². The van der Waals surface area contributed by atoms with Gasteiger partial charge in [-0.2, -0.15) is 0 Å². The third kappa shape index (κ3) is 3.85. The minimum absolute atomic E-state index is 0.429. The lowest BCUT2D eigenvalue weighted by molar-refractivity contribution is 0.1000. The number of urea groups is 1. The molecule has 0 fully saturated rings. The van der Waals surface area contributed by atoms with E-state index in [1.54, 1.807) is 12.1 Å². The van der Waals surface area contributed by atoms with Crippen molar-refractivity contribution >= 4 is 45.6 Å². The van der Waals surface area contributed by atoms with Crippen molar-refractivity contribution in [1.82, 2.24) is 4.90 Å². The Balaban J connectivity index is 1.80. The highest BCUT2D eigenvalue weighted by Gasteiger charge is 2.27. The Hall–Kier alpha value is -2.09. The van der Waals surface area contributed by atoms with Crippen LogP contribution >= 0.6 is 22.9 Å². The van der Waals surface area contributed by atoms with Gasteiger partial charge in [0.15, 0.2) is 0 Å². The molecule has 0 atom stereocenters. The predicted octanol–water partition coefficient (Wildman–Crippen LogP) is 3.83. The summed E-state index contributed by atoms with van der Waals surface area (Å²) in [6, 6.07) is 4.85. The highest BCUT2D eigenvalue weighted by molar-refractivity contribution is 7.17. The van der Waals surface area contributed by atoms with E-state index in [4.69, 9.17) is 17.3 Å². The van der Waals surface area contributed by atoms with Crippen molar-refractivity contribution in [1.29, 1.82) is 0 Å². The number of anilines is 2. The number of nitrogens with one attached hydrogen (secondary N) is 2. The van der Waals surface area contributed by atoms with Crippen LogP contribution in [0.25, 0.3) is 0 Å². The van der Waals surface area contributed by atoms with Gasteiger partial charge in [0.05, 0.1) is 5.56 Å². The number of carbonyl (C=O) groups excluding carboxylic acids is 2. The number of hydrogen-bond acceptors (Lipinski definition) is 4. The van der Waals surface area contributed by atoms with Crippen LogP contribution in [-0.2, 0) is 13.0 Å². The second kappa shape index (κ2) is 7.65. The Bertz CT molecular complexity index is 865. The zero-order valence-electron chi connectivity index (χ0n) is 14.7. The Morgan fingerprint density at radius 1 is 1.35 bits per heavy atom. The van der Waals surface area contributed by atoms with Gasteiger partial charge in [0, 0.05) is 28.7 Å². The van der Waals surface area contributed by atoms with E-state index >= 15 is 0 Å². The number of amides is 3. The lowest BCUT2D eigenvalue weighted by Gasteiger charge is -2.25. The minimum Gasteiger partial charge on any atom is -0.365 e. The SMILES string of the molecule is CCN1CCc2c(sc(NC(=O)Nc3ccc(C)c(Cl)c3)c2C(N)=O)C1. The molecule has 0 bridgehead atoms. The fourth-order valence-corrected chi connectivity index (χ4v) is 4.48. The number of hydrogen-bond donors (Lipinski definition) is 3. The van der Waals surface area contributed by atoms with Gasteiger partial charge < -0.3 is 11.1 Å². The zero-order chi connectivity index (χ0) is 18.8. The number of nitrogens with two attached hydrogens (primary N) is 1. The summed E-state index contributed by atoms with van der Waals surface area (Å²) < 4.78 is 0. The zero-order valence-corrected chi connectivity index (χ0v) is 16.3. The molecular weight excluding hydrogens is 372 g/mol. The van der Waals surface area contributed by atoms with Crippen molar-refractivity contribution in [2.45, 2.75) is 26.8 Å². The van der Waals surface area contributed by atoms with Crippen LogP contribution in [-0.4, -0.2) is 29.9 Å². The largest absolute Gasteiger partial charge is 0.365 e. The monoisotopic (exact) mass is 392 g/mol. The van der Waals surface area contributed by atoms with Crippen LogP contribution in [0, 0.1) is 6.92 Å². The van der Waals surface area contributed by atoms with E-state index in [2.05, 4.69) is 22.5 Å². The predicted molar refractivity (Wildman–Crippen MR) is 106 cm³/mol. The third-order valence-corrected chi connectivity index (χ3v) is 6.03. The minimum atomic E-state index is -0.513. The van der Waals surface area contributed by atoms with Crippen LogP contribution in [0.5, 0.6) is 0 Å². The average Bonchev–Trinajstić information content (AvgIpc) is 2.94. The van der Waals surface area contributed by atoms with Crippen LogP contribution in [0.15, 0.2) is 18.2 Å². The average molecular weight is 393 g/mol. The van der Waals surface area contributed by atoms with E-state index in [9.17, 15) is 9.59 Å². The van der Waals surface area contributed by atoms with Crippen LogP contribution in [0.2, 0.25) is 5.02 Å². The lowest BCUT2D eigenvalue weighted by atomic mass is 10.0. The smallest absolute Gasteiger partial charge is 0.324 e. The van der Waals surface area contributed by atoms with E-state index in [1.807, 2.05) is 13.0 Å². The summed E-state index contributed by atoms with van der Waals surface area (Å²) in [5.74, 6) is -0.513. The maximum absolute atomic E-state index is 12.4. The van der Waals surface area contributed by atoms with Crippen LogP contribution in [0.3, 0.4) is 0 Å². The number of likely N-dealkylation sites (N-methyl/N-ethyl adjacent to an activating group) is 1. The van der Waals surface area contributed by atoms with Gasteiger partial charge in [0.2, 0.25) is 0 Å². The molecule has 2 heterocycles. The van der Waals surface area contributed by atoms with Crippen LogP contribution in [0.4, 0.5) is 15.5 Å². The maximum Gasteiger partial charge on any atom is 0.324 e. The van der Waals surface area contributed by atoms with Gasteiger partial charge in [-0.3, -0.25) is 15.0 Å². The Labute approximate surface area is 161 Å². The molecule has 6 nitrogen and oxygen atoms in total. The van der Waals surface area contributed by atoms with E-state index in [0.717, 1.165) is 42.1 Å². The molecule has 2 aromatic rings. The summed E-state index contributed by atoms with van der Waals surface area (Å²) in [7, 11) is 0. The van der Waals surface area contributed by atoms with Gasteiger partial charge in [-0.1, -0.05) is 24.6 Å². The lowest BCUT2D eigenvalue weighted by Crippen LogP contribution is -2.30. The number of carbonyl (C=O) groups is 2. The molecule has 1 aliphatic rings. The van der Waals surface area contributed by atoms with Gasteiger partial charge >= 0.3 is 6.03 Å². The van der Waals surface area contributed by atoms with Gasteiger partial charge in [-0.25, -0.2) is 4.79 Å². The number of fused-ring (bicyclic) bond motifs is 1. The van der Waals surface area contributed by atoms with E-state index in [-0.39, 0.29) is 0 Å². The molecule has 0 aliphatic carbocycles. The van der Waals surface area contributed by atoms with Crippen molar-refractivity contribution in [3.63, 3.8) is 0 Å². The highest BCUT2D eigenvalue weighted by Crippen LogP contribution is 2.37. The van der Waals surface area contributed by atoms with Crippen molar-refractivity contribution in [2.24, 2.45) is 5.73 Å². The molecular formula is C18H21ClN4O2S. The molecule has 3 rings (SSSR count). The summed E-state index contributed by atoms with van der Waals surface area (Å²) in [6.07, 6.45) is 0.759. The molecule has 3 amide bonds. The summed E-state index contributed by atoms with van der Waals surface area (Å²) in [5.41, 5.74) is 8.48. The maximum atomic E-state index is 12.4. The Kier molecular flexibility index (Phi) is 5.50. The molecule has 1 aliphatic heterocycles. The summed E-state index contributed by atoms with van der Waals surface area (Å²) >= 11 is 7.50. The van der Waals surface area contributed by atoms with Crippen LogP contribution < -0.4 is 16.4 Å². The van der Waals surface area contributed by atoms with E-state index in [1.165, 1.54) is 11.3 Å². The third-order valence-electron chi connectivity index (χ3n) is 4.49. The molecule has 0 radical (unpaired) electrons. The Morgan fingerprint density at radius 2 is 2.12 bits per heavy atom. The molecule has 0 saturated heterocycles. The van der Waals surface area contributed by atoms with Gasteiger partial charge in [0.1, 0.15) is 5.00 Å². The summed E-state index contributed by atoms with van der Waals surface area (Å²) in [4.78, 5) is 27.7. The highest BCUT2D eigenvalue weighted by atomic mass is 35.5. The second-order valence-electron chi connectivity index (χ2n) is 6.23. The molecule has 0 saturated carbocycles. The number of primary amides is 1. The number of rotatable bonds is 4. The normalized spacial score (nSPS) is 14.0. The molecule has 8 heteroatoms. The van der Waals surface area contributed by atoms with Crippen LogP contribution in [0.1, 0.15) is 33.3 Å². The van der Waals surface area contributed by atoms with Crippen molar-refractivity contribution in [3.8, 4) is 0 Å². The molecule has 1 aromatic heterocycles. The van der Waals surface area contributed by atoms with E-state index < -0.39 is 11.9 Å². The quantitative estimate of drug-likeness (QED) is 0.738.